The molecule has 0 saturated heterocycles. The van der Waals surface area contributed by atoms with Crippen LogP contribution in [-0.2, 0) is 6.42 Å². The van der Waals surface area contributed by atoms with Crippen LogP contribution in [0.15, 0.2) is 48.8 Å². The Morgan fingerprint density at radius 3 is 2.29 bits per heavy atom. The van der Waals surface area contributed by atoms with Crippen LogP contribution in [0.5, 0.6) is 5.75 Å². The number of aryl methyl sites for hydroxylation is 1. The molecule has 0 spiro atoms. The maximum atomic E-state index is 5.83. The molecule has 0 N–H and O–H groups in total. The minimum atomic E-state index is 0.767. The van der Waals surface area contributed by atoms with Crippen LogP contribution < -0.4 is 4.74 Å². The summed E-state index contributed by atoms with van der Waals surface area (Å²) in [7, 11) is 0. The molecule has 1 heterocycles. The van der Waals surface area contributed by atoms with Gasteiger partial charge in [-0.3, -0.25) is 0 Å². The SMILES string of the molecule is CCC=CCCCCOc1ccc(-c2ncc(CCCCCCC)cn2)cc1. The van der Waals surface area contributed by atoms with Crippen LogP contribution in [0.4, 0.5) is 0 Å². The molecule has 0 amide bonds. The molecule has 0 aliphatic carbocycles. The van der Waals surface area contributed by atoms with Crippen molar-refractivity contribution in [2.75, 3.05) is 6.61 Å². The van der Waals surface area contributed by atoms with Gasteiger partial charge < -0.3 is 4.74 Å². The molecule has 2 rings (SSSR count). The second kappa shape index (κ2) is 13.9. The summed E-state index contributed by atoms with van der Waals surface area (Å²) in [6.45, 7) is 5.18. The lowest BCUT2D eigenvalue weighted by Gasteiger charge is -2.07. The number of allylic oxidation sites excluding steroid dienone is 2. The minimum absolute atomic E-state index is 0.767. The summed E-state index contributed by atoms with van der Waals surface area (Å²) in [6.07, 6.45) is 20.5. The van der Waals surface area contributed by atoms with Gasteiger partial charge in [0, 0.05) is 18.0 Å². The highest BCUT2D eigenvalue weighted by Crippen LogP contribution is 2.20. The average molecular weight is 381 g/mol. The van der Waals surface area contributed by atoms with Crippen LogP contribution in [0.3, 0.4) is 0 Å². The molecule has 0 aliphatic heterocycles. The lowest BCUT2D eigenvalue weighted by atomic mass is 10.1. The predicted molar refractivity (Wildman–Crippen MR) is 119 cm³/mol. The van der Waals surface area contributed by atoms with Crippen LogP contribution in [0.2, 0.25) is 0 Å². The van der Waals surface area contributed by atoms with Crippen molar-refractivity contribution < 1.29 is 4.74 Å². The van der Waals surface area contributed by atoms with Gasteiger partial charge in [-0.2, -0.15) is 0 Å². The van der Waals surface area contributed by atoms with E-state index in [1.54, 1.807) is 0 Å². The fraction of sp³-hybridized carbons (Fsp3) is 0.520. The fourth-order valence-electron chi connectivity index (χ4n) is 3.10. The van der Waals surface area contributed by atoms with Crippen LogP contribution >= 0.6 is 0 Å². The van der Waals surface area contributed by atoms with E-state index in [9.17, 15) is 0 Å². The Labute approximate surface area is 171 Å². The predicted octanol–water partition coefficient (Wildman–Crippen LogP) is 7.17. The number of benzene rings is 1. The quantitative estimate of drug-likeness (QED) is 0.257. The Morgan fingerprint density at radius 1 is 0.821 bits per heavy atom. The summed E-state index contributed by atoms with van der Waals surface area (Å²) in [5.41, 5.74) is 2.26. The molecule has 3 nitrogen and oxygen atoms in total. The van der Waals surface area contributed by atoms with Gasteiger partial charge in [0.2, 0.25) is 0 Å². The lowest BCUT2D eigenvalue weighted by molar-refractivity contribution is 0.307. The van der Waals surface area contributed by atoms with E-state index in [4.69, 9.17) is 4.74 Å². The van der Waals surface area contributed by atoms with Gasteiger partial charge in [0.15, 0.2) is 5.82 Å². The van der Waals surface area contributed by atoms with E-state index in [0.717, 1.165) is 49.4 Å². The zero-order chi connectivity index (χ0) is 19.9. The number of hydrogen-bond acceptors (Lipinski definition) is 3. The zero-order valence-corrected chi connectivity index (χ0v) is 17.7. The molecule has 0 atom stereocenters. The largest absolute Gasteiger partial charge is 0.494 e. The fourth-order valence-corrected chi connectivity index (χ4v) is 3.10. The van der Waals surface area contributed by atoms with Crippen molar-refractivity contribution in [2.45, 2.75) is 78.1 Å². The highest BCUT2D eigenvalue weighted by Gasteiger charge is 2.03. The summed E-state index contributed by atoms with van der Waals surface area (Å²) in [6, 6.07) is 8.10. The molecule has 28 heavy (non-hydrogen) atoms. The van der Waals surface area contributed by atoms with Crippen molar-refractivity contribution in [2.24, 2.45) is 0 Å². The maximum Gasteiger partial charge on any atom is 0.159 e. The van der Waals surface area contributed by atoms with E-state index in [1.807, 2.05) is 36.7 Å². The highest BCUT2D eigenvalue weighted by molar-refractivity contribution is 5.55. The summed E-state index contributed by atoms with van der Waals surface area (Å²) in [5.74, 6) is 1.69. The Hall–Kier alpha value is -2.16. The van der Waals surface area contributed by atoms with Gasteiger partial charge >= 0.3 is 0 Å². The normalized spacial score (nSPS) is 11.2. The smallest absolute Gasteiger partial charge is 0.159 e. The van der Waals surface area contributed by atoms with Gasteiger partial charge in [0.25, 0.3) is 0 Å². The van der Waals surface area contributed by atoms with Crippen LogP contribution in [0, 0.1) is 0 Å². The molecule has 0 radical (unpaired) electrons. The van der Waals surface area contributed by atoms with E-state index in [2.05, 4.69) is 36.0 Å². The number of aromatic nitrogens is 2. The molecule has 0 saturated carbocycles. The molecule has 0 unspecified atom stereocenters. The van der Waals surface area contributed by atoms with Crippen molar-refractivity contribution in [3.63, 3.8) is 0 Å². The van der Waals surface area contributed by atoms with Gasteiger partial charge in [-0.15, -0.1) is 0 Å². The number of rotatable bonds is 14. The third-order valence-corrected chi connectivity index (χ3v) is 4.82. The van der Waals surface area contributed by atoms with Gasteiger partial charge in [0.05, 0.1) is 6.61 Å². The molecule has 3 heteroatoms. The van der Waals surface area contributed by atoms with Crippen LogP contribution in [-0.4, -0.2) is 16.6 Å². The summed E-state index contributed by atoms with van der Waals surface area (Å²) < 4.78 is 5.83. The molecule has 0 bridgehead atoms. The van der Waals surface area contributed by atoms with E-state index in [0.29, 0.717) is 0 Å². The Morgan fingerprint density at radius 2 is 1.57 bits per heavy atom. The minimum Gasteiger partial charge on any atom is -0.494 e. The third kappa shape index (κ3) is 8.69. The van der Waals surface area contributed by atoms with E-state index in [1.165, 1.54) is 44.1 Å². The van der Waals surface area contributed by atoms with E-state index in [-0.39, 0.29) is 0 Å². The van der Waals surface area contributed by atoms with Crippen molar-refractivity contribution in [3.05, 3.63) is 54.4 Å². The first kappa shape index (κ1) is 22.1. The monoisotopic (exact) mass is 380 g/mol. The Bertz CT molecular complexity index is 662. The van der Waals surface area contributed by atoms with Crippen molar-refractivity contribution in [1.29, 1.82) is 0 Å². The molecule has 0 fully saturated rings. The van der Waals surface area contributed by atoms with Gasteiger partial charge in [0.1, 0.15) is 5.75 Å². The highest BCUT2D eigenvalue weighted by atomic mass is 16.5. The van der Waals surface area contributed by atoms with Crippen molar-refractivity contribution in [1.82, 2.24) is 9.97 Å². The first-order valence-electron chi connectivity index (χ1n) is 11.0. The van der Waals surface area contributed by atoms with Gasteiger partial charge in [-0.1, -0.05) is 51.7 Å². The number of ether oxygens (including phenoxy) is 1. The van der Waals surface area contributed by atoms with E-state index >= 15 is 0 Å². The summed E-state index contributed by atoms with van der Waals surface area (Å²) in [4.78, 5) is 9.09. The lowest BCUT2D eigenvalue weighted by Crippen LogP contribution is -1.97. The molecule has 1 aromatic heterocycles. The van der Waals surface area contributed by atoms with Crippen molar-refractivity contribution >= 4 is 0 Å². The number of hydrogen-bond donors (Lipinski definition) is 0. The third-order valence-electron chi connectivity index (χ3n) is 4.82. The molecule has 2 aromatic rings. The first-order valence-corrected chi connectivity index (χ1v) is 11.0. The first-order chi connectivity index (χ1) is 13.8. The summed E-state index contributed by atoms with van der Waals surface area (Å²) in [5, 5.41) is 0. The van der Waals surface area contributed by atoms with Crippen LogP contribution in [0.25, 0.3) is 11.4 Å². The Kier molecular flexibility index (Phi) is 11.0. The van der Waals surface area contributed by atoms with Gasteiger partial charge in [-0.25, -0.2) is 9.97 Å². The van der Waals surface area contributed by atoms with Crippen molar-refractivity contribution in [3.8, 4) is 17.1 Å². The van der Waals surface area contributed by atoms with Crippen LogP contribution in [0.1, 0.15) is 77.2 Å². The second-order valence-corrected chi connectivity index (χ2v) is 7.33. The number of unbranched alkanes of at least 4 members (excludes halogenated alkanes) is 6. The van der Waals surface area contributed by atoms with E-state index < -0.39 is 0 Å². The zero-order valence-electron chi connectivity index (χ0n) is 17.7. The van der Waals surface area contributed by atoms with Gasteiger partial charge in [-0.05, 0) is 68.4 Å². The molecule has 0 aliphatic rings. The number of nitrogens with zero attached hydrogens (tertiary/aromatic N) is 2. The standard InChI is InChI=1S/C25H36N2O/c1-3-5-7-9-11-13-19-28-24-17-15-23(16-18-24)25-26-20-22(21-27-25)14-12-10-8-6-4-2/h5,7,15-18,20-21H,3-4,6,8-14,19H2,1-2H3. The molecule has 152 valence electrons. The second-order valence-electron chi connectivity index (χ2n) is 7.33. The Balaban J connectivity index is 1.72. The summed E-state index contributed by atoms with van der Waals surface area (Å²) >= 11 is 0. The molecular weight excluding hydrogens is 344 g/mol. The molecular formula is C25H36N2O. The average Bonchev–Trinajstić information content (AvgIpc) is 2.74. The maximum absolute atomic E-state index is 5.83. The molecule has 1 aromatic carbocycles. The topological polar surface area (TPSA) is 35.0 Å².